The number of ether oxygens (including phenoxy) is 1. The van der Waals surface area contributed by atoms with Gasteiger partial charge >= 0.3 is 0 Å². The number of imide groups is 1. The van der Waals surface area contributed by atoms with E-state index < -0.39 is 6.04 Å². The van der Waals surface area contributed by atoms with E-state index in [-0.39, 0.29) is 53.4 Å². The molecule has 0 radical (unpaired) electrons. The molecule has 3 amide bonds. The van der Waals surface area contributed by atoms with Crippen LogP contribution in [0.4, 0.5) is 15.9 Å². The van der Waals surface area contributed by atoms with E-state index in [9.17, 15) is 19.6 Å². The van der Waals surface area contributed by atoms with Gasteiger partial charge in [0.05, 0.1) is 41.4 Å². The number of pyridine rings is 1. The molecular formula is C50H59FN12O4. The van der Waals surface area contributed by atoms with Gasteiger partial charge in [0, 0.05) is 74.0 Å². The van der Waals surface area contributed by atoms with Crippen LogP contribution >= 0.6 is 0 Å². The van der Waals surface area contributed by atoms with Crippen molar-refractivity contribution < 1.29 is 23.5 Å². The molecule has 5 aromatic rings. The highest BCUT2D eigenvalue weighted by Crippen LogP contribution is 2.39. The first-order valence-electron chi connectivity index (χ1n) is 24.2. The zero-order chi connectivity index (χ0) is 46.1. The number of nitrogens with one attached hydrogen (secondary N) is 3. The number of carbonyl (C=O) groups is 3. The molecule has 17 heteroatoms. The maximum Gasteiger partial charge on any atom is 0.249 e. The maximum absolute atomic E-state index is 15.4. The number of anilines is 2. The molecule has 5 aliphatic rings. The second kappa shape index (κ2) is 19.2. The lowest BCUT2D eigenvalue weighted by Gasteiger charge is -2.41. The summed E-state index contributed by atoms with van der Waals surface area (Å²) in [6.07, 6.45) is 19.8. The number of aromatic nitrogens is 6. The van der Waals surface area contributed by atoms with Gasteiger partial charge in [-0.2, -0.15) is 15.5 Å². The van der Waals surface area contributed by atoms with Gasteiger partial charge in [-0.05, 0) is 126 Å². The Hall–Kier alpha value is -6.25. The number of likely N-dealkylation sites (tertiary alicyclic amines) is 1. The van der Waals surface area contributed by atoms with Crippen LogP contribution in [0.5, 0.6) is 0 Å². The maximum atomic E-state index is 15.4. The molecule has 1 aliphatic carbocycles. The zero-order valence-electron chi connectivity index (χ0n) is 38.1. The molecule has 4 saturated heterocycles. The fourth-order valence-electron chi connectivity index (χ4n) is 11.1. The smallest absolute Gasteiger partial charge is 0.249 e. The molecule has 0 bridgehead atoms. The van der Waals surface area contributed by atoms with E-state index in [0.29, 0.717) is 53.8 Å². The number of halogens is 1. The van der Waals surface area contributed by atoms with Gasteiger partial charge in [-0.3, -0.25) is 24.4 Å². The van der Waals surface area contributed by atoms with E-state index in [0.717, 1.165) is 119 Å². The molecule has 10 rings (SSSR count). The van der Waals surface area contributed by atoms with Crippen molar-refractivity contribution >= 4 is 34.7 Å². The van der Waals surface area contributed by atoms with Crippen molar-refractivity contribution in [1.82, 2.24) is 44.9 Å². The van der Waals surface area contributed by atoms with Gasteiger partial charge in [0.25, 0.3) is 0 Å². The number of hydrogen-bond donors (Lipinski definition) is 3. The van der Waals surface area contributed by atoms with Crippen molar-refractivity contribution in [2.75, 3.05) is 49.6 Å². The van der Waals surface area contributed by atoms with Crippen molar-refractivity contribution in [3.05, 3.63) is 78.3 Å². The van der Waals surface area contributed by atoms with E-state index >= 15 is 4.39 Å². The van der Waals surface area contributed by atoms with E-state index in [1.807, 2.05) is 42.9 Å². The summed E-state index contributed by atoms with van der Waals surface area (Å²) in [5, 5.41) is 28.2. The van der Waals surface area contributed by atoms with E-state index in [2.05, 4.69) is 54.7 Å². The first-order valence-corrected chi connectivity index (χ1v) is 24.2. The normalized spacial score (nSPS) is 23.2. The third-order valence-electron chi connectivity index (χ3n) is 15.4. The molecule has 5 fully saturated rings. The fraction of sp³-hybridized carbons (Fsp3) is 0.520. The SMILES string of the molecule is CCC1(C(=O)NC2CCOCC2)CCN(c2ccc(-c3nc(-c4cnn(C5CCC(N6CCC(c7ccc(NC8CCC(=O)NC8=O)cc7F)CC6)CC5)c4)cn4ncc(C#N)c34)cn2)CC1. The second-order valence-corrected chi connectivity index (χ2v) is 19.2. The average Bonchev–Trinajstić information content (AvgIpc) is 4.04. The van der Waals surface area contributed by atoms with Crippen LogP contribution in [0, 0.1) is 22.6 Å². The van der Waals surface area contributed by atoms with Crippen LogP contribution < -0.4 is 20.9 Å². The Morgan fingerprint density at radius 3 is 2.39 bits per heavy atom. The number of hydrogen-bond acceptors (Lipinski definition) is 12. The summed E-state index contributed by atoms with van der Waals surface area (Å²) in [6.45, 7) is 6.83. The van der Waals surface area contributed by atoms with Crippen LogP contribution in [0.3, 0.4) is 0 Å². The largest absolute Gasteiger partial charge is 0.381 e. The molecule has 4 aromatic heterocycles. The minimum atomic E-state index is -0.548. The first-order chi connectivity index (χ1) is 32.7. The van der Waals surface area contributed by atoms with Gasteiger partial charge in [-0.25, -0.2) is 18.9 Å². The Morgan fingerprint density at radius 1 is 0.910 bits per heavy atom. The Kier molecular flexibility index (Phi) is 12.7. The van der Waals surface area contributed by atoms with Gasteiger partial charge in [0.15, 0.2) is 0 Å². The number of rotatable bonds is 11. The second-order valence-electron chi connectivity index (χ2n) is 19.2. The molecule has 0 spiro atoms. The van der Waals surface area contributed by atoms with E-state index in [1.165, 1.54) is 6.07 Å². The molecule has 350 valence electrons. The summed E-state index contributed by atoms with van der Waals surface area (Å²) in [4.78, 5) is 52.1. The molecule has 16 nitrogen and oxygen atoms in total. The van der Waals surface area contributed by atoms with Crippen LogP contribution in [0.2, 0.25) is 0 Å². The molecule has 1 atom stereocenters. The Morgan fingerprint density at radius 2 is 1.69 bits per heavy atom. The third-order valence-corrected chi connectivity index (χ3v) is 15.4. The van der Waals surface area contributed by atoms with Gasteiger partial charge in [-0.1, -0.05) is 13.0 Å². The highest BCUT2D eigenvalue weighted by atomic mass is 19.1. The number of carbonyl (C=O) groups excluding carboxylic acids is 3. The highest BCUT2D eigenvalue weighted by molar-refractivity contribution is 6.01. The topological polar surface area (TPSA) is 188 Å². The van der Waals surface area contributed by atoms with Crippen LogP contribution in [-0.2, 0) is 19.1 Å². The van der Waals surface area contributed by atoms with Gasteiger partial charge in [0.2, 0.25) is 17.7 Å². The van der Waals surface area contributed by atoms with Gasteiger partial charge < -0.3 is 25.2 Å². The summed E-state index contributed by atoms with van der Waals surface area (Å²) in [5.74, 6) is 0.252. The van der Waals surface area contributed by atoms with E-state index in [4.69, 9.17) is 19.8 Å². The minimum Gasteiger partial charge on any atom is -0.381 e. The van der Waals surface area contributed by atoms with Crippen molar-refractivity contribution in [3.8, 4) is 28.6 Å². The first kappa shape index (κ1) is 44.6. The van der Waals surface area contributed by atoms with Gasteiger partial charge in [0.1, 0.15) is 34.8 Å². The zero-order valence-corrected chi connectivity index (χ0v) is 38.1. The van der Waals surface area contributed by atoms with Crippen LogP contribution in [0.1, 0.15) is 113 Å². The molecular weight excluding hydrogens is 852 g/mol. The number of nitriles is 1. The van der Waals surface area contributed by atoms with Crippen LogP contribution in [0.15, 0.2) is 61.3 Å². The lowest BCUT2D eigenvalue weighted by molar-refractivity contribution is -0.134. The summed E-state index contributed by atoms with van der Waals surface area (Å²) < 4.78 is 24.7. The molecule has 4 aliphatic heterocycles. The molecule has 67 heavy (non-hydrogen) atoms. The Balaban J connectivity index is 0.753. The fourth-order valence-corrected chi connectivity index (χ4v) is 11.1. The molecule has 3 N–H and O–H groups in total. The quantitative estimate of drug-likeness (QED) is 0.122. The van der Waals surface area contributed by atoms with Gasteiger partial charge in [-0.15, -0.1) is 0 Å². The third kappa shape index (κ3) is 9.25. The molecule has 8 heterocycles. The summed E-state index contributed by atoms with van der Waals surface area (Å²) in [6, 6.07) is 11.8. The van der Waals surface area contributed by atoms with Crippen molar-refractivity contribution in [3.63, 3.8) is 0 Å². The Bertz CT molecular complexity index is 2650. The Labute approximate surface area is 389 Å². The highest BCUT2D eigenvalue weighted by Gasteiger charge is 2.41. The minimum absolute atomic E-state index is 0.142. The lowest BCUT2D eigenvalue weighted by atomic mass is 9.75. The number of benzene rings is 1. The summed E-state index contributed by atoms with van der Waals surface area (Å²) in [7, 11) is 0. The summed E-state index contributed by atoms with van der Waals surface area (Å²) >= 11 is 0. The van der Waals surface area contributed by atoms with Crippen molar-refractivity contribution in [2.45, 2.75) is 120 Å². The van der Waals surface area contributed by atoms with Crippen molar-refractivity contribution in [1.29, 1.82) is 5.26 Å². The average molecular weight is 911 g/mol. The van der Waals surface area contributed by atoms with Crippen molar-refractivity contribution in [2.24, 2.45) is 5.41 Å². The number of fused-ring (bicyclic) bond motifs is 1. The predicted molar refractivity (Wildman–Crippen MR) is 249 cm³/mol. The van der Waals surface area contributed by atoms with Crippen LogP contribution in [-0.4, -0.2) is 110 Å². The monoisotopic (exact) mass is 910 g/mol. The van der Waals surface area contributed by atoms with Crippen LogP contribution in [0.25, 0.3) is 28.0 Å². The molecule has 1 saturated carbocycles. The van der Waals surface area contributed by atoms with E-state index in [1.54, 1.807) is 10.7 Å². The molecule has 1 aromatic carbocycles. The molecule has 1 unspecified atom stereocenters. The lowest BCUT2D eigenvalue weighted by Crippen LogP contribution is -2.52. The predicted octanol–water partition coefficient (Wildman–Crippen LogP) is 6.54. The number of nitrogens with zero attached hydrogens (tertiary/aromatic N) is 9. The number of amides is 3. The number of piperidine rings is 3. The standard InChI is InChI=1S/C50H59FN12O4/c1-2-50(49(66)57-36-15-23-67-24-16-36)17-21-61(22-18-50)44-11-3-33(27-53-44)46-47-34(26-52)28-55-63(47)31-43(58-46)35-29-54-62(30-35)39-7-5-38(6-8-39)60-19-13-32(14-20-60)40-9-4-37(25-41(40)51)56-42-10-12-45(64)59-48(42)65/h3-4,9,11,25,27-32,36,38-39,42,56H,2,5-8,10,12-24H2,1H3,(H,57,66)(H,59,64,65). The summed E-state index contributed by atoms with van der Waals surface area (Å²) in [5.41, 5.74) is 4.92.